The number of carbonyl (C=O) groups excluding carboxylic acids is 4. The summed E-state index contributed by atoms with van der Waals surface area (Å²) in [6.07, 6.45) is 2.82. The minimum Gasteiger partial charge on any atom is -0.378 e. The van der Waals surface area contributed by atoms with Crippen LogP contribution in [-0.4, -0.2) is 105 Å². The molecule has 2 saturated heterocycles. The van der Waals surface area contributed by atoms with Crippen LogP contribution in [0.1, 0.15) is 50.9 Å². The molecule has 3 unspecified atom stereocenters. The molecule has 2 aliphatic heterocycles. The average molecular weight is 555 g/mol. The number of urea groups is 1. The van der Waals surface area contributed by atoms with Crippen molar-refractivity contribution >= 4 is 23.6 Å². The van der Waals surface area contributed by atoms with Gasteiger partial charge in [-0.25, -0.2) is 9.48 Å². The molecule has 0 bridgehead atoms. The van der Waals surface area contributed by atoms with Gasteiger partial charge in [0, 0.05) is 26.1 Å². The number of nitrogens with one attached hydrogen (secondary N) is 2. The lowest BCUT2D eigenvalue weighted by Crippen LogP contribution is -2.57. The fraction of sp³-hybridized carbons (Fsp3) is 0.593. The number of ether oxygens (including phenoxy) is 1. The Morgan fingerprint density at radius 1 is 1.10 bits per heavy atom. The van der Waals surface area contributed by atoms with E-state index in [1.165, 1.54) is 9.58 Å². The lowest BCUT2D eigenvalue weighted by Gasteiger charge is -2.32. The topological polar surface area (TPSA) is 152 Å². The molecule has 4 amide bonds. The molecule has 2 aromatic rings. The number of likely N-dealkylation sites (tertiary alicyclic amines) is 1. The molecule has 0 aliphatic carbocycles. The number of nitrogens with zero attached hydrogens (tertiary/aromatic N) is 6. The van der Waals surface area contributed by atoms with E-state index in [0.29, 0.717) is 64.4 Å². The maximum Gasteiger partial charge on any atom is 0.318 e. The summed E-state index contributed by atoms with van der Waals surface area (Å²) >= 11 is 0. The smallest absolute Gasteiger partial charge is 0.318 e. The Bertz CT molecular complexity index is 1170. The number of hydrogen-bond acceptors (Lipinski definition) is 8. The maximum atomic E-state index is 13.4. The Morgan fingerprint density at radius 2 is 1.85 bits per heavy atom. The van der Waals surface area contributed by atoms with E-state index in [2.05, 4.69) is 26.2 Å². The summed E-state index contributed by atoms with van der Waals surface area (Å²) in [6, 6.07) is 7.11. The van der Waals surface area contributed by atoms with Crippen LogP contribution in [0.5, 0.6) is 0 Å². The number of hydrogen-bond donors (Lipinski definition) is 2. The first kappa shape index (κ1) is 29.1. The van der Waals surface area contributed by atoms with Gasteiger partial charge < -0.3 is 25.2 Å². The van der Waals surface area contributed by atoms with Crippen molar-refractivity contribution in [2.24, 2.45) is 0 Å². The molecular weight excluding hydrogens is 516 g/mol. The highest BCUT2D eigenvalue weighted by Crippen LogP contribution is 2.16. The van der Waals surface area contributed by atoms with Gasteiger partial charge >= 0.3 is 6.03 Å². The quantitative estimate of drug-likeness (QED) is 0.432. The highest BCUT2D eigenvalue weighted by molar-refractivity contribution is 5.94. The zero-order valence-corrected chi connectivity index (χ0v) is 23.1. The standard InChI is InChI=1S/C27H38N8O5/c1-3-21(23(36)18-35-24(30-31-32-35)17-20-9-5-4-6-10-20)28-25(37)19(2)34-12-8-7-11-22(26(34)38)29-27(39)33-13-15-40-16-14-33/h4-6,9-10,19,21-22H,3,7-8,11-18H2,1-2H3,(H,28,37)(H,29,39). The molecule has 0 spiro atoms. The number of morpholine rings is 1. The second kappa shape index (κ2) is 14.0. The number of Topliss-reactive ketones (excluding diaryl/α,β-unsaturated/α-hetero) is 1. The van der Waals surface area contributed by atoms with Gasteiger partial charge in [-0.15, -0.1) is 5.10 Å². The summed E-state index contributed by atoms with van der Waals surface area (Å²) in [5, 5.41) is 17.4. The van der Waals surface area contributed by atoms with Gasteiger partial charge in [-0.2, -0.15) is 0 Å². The molecule has 0 radical (unpaired) electrons. The molecule has 2 aliphatic rings. The van der Waals surface area contributed by atoms with Gasteiger partial charge in [0.15, 0.2) is 11.6 Å². The first-order chi connectivity index (χ1) is 19.4. The molecule has 1 aromatic carbocycles. The summed E-state index contributed by atoms with van der Waals surface area (Å²) in [4.78, 5) is 55.6. The Labute approximate surface area is 233 Å². The summed E-state index contributed by atoms with van der Waals surface area (Å²) in [6.45, 7) is 5.65. The molecule has 13 heteroatoms. The lowest BCUT2D eigenvalue weighted by atomic mass is 10.1. The van der Waals surface area contributed by atoms with Crippen LogP contribution in [0.25, 0.3) is 0 Å². The van der Waals surface area contributed by atoms with Gasteiger partial charge in [0.2, 0.25) is 11.8 Å². The fourth-order valence-corrected chi connectivity index (χ4v) is 4.94. The third-order valence-electron chi connectivity index (χ3n) is 7.40. The Morgan fingerprint density at radius 3 is 2.58 bits per heavy atom. The first-order valence-electron chi connectivity index (χ1n) is 13.9. The summed E-state index contributed by atoms with van der Waals surface area (Å²) in [5.41, 5.74) is 1.02. The van der Waals surface area contributed by atoms with Gasteiger partial charge in [0.1, 0.15) is 18.6 Å². The maximum absolute atomic E-state index is 13.4. The van der Waals surface area contributed by atoms with Crippen LogP contribution in [0.2, 0.25) is 0 Å². The van der Waals surface area contributed by atoms with Crippen molar-refractivity contribution in [3.63, 3.8) is 0 Å². The Kier molecular flexibility index (Phi) is 10.2. The van der Waals surface area contributed by atoms with E-state index in [1.807, 2.05) is 37.3 Å². The second-order valence-electron chi connectivity index (χ2n) is 10.2. The van der Waals surface area contributed by atoms with Gasteiger partial charge in [0.05, 0.1) is 19.3 Å². The minimum atomic E-state index is -0.808. The van der Waals surface area contributed by atoms with E-state index in [4.69, 9.17) is 4.74 Å². The third-order valence-corrected chi connectivity index (χ3v) is 7.40. The van der Waals surface area contributed by atoms with Crippen molar-refractivity contribution in [2.75, 3.05) is 32.8 Å². The van der Waals surface area contributed by atoms with Crippen molar-refractivity contribution in [1.82, 2.24) is 40.6 Å². The molecule has 2 fully saturated rings. The average Bonchev–Trinajstić information content (AvgIpc) is 3.32. The van der Waals surface area contributed by atoms with E-state index in [0.717, 1.165) is 12.0 Å². The Balaban J connectivity index is 1.35. The number of carbonyl (C=O) groups is 4. The van der Waals surface area contributed by atoms with E-state index in [-0.39, 0.29) is 24.3 Å². The molecule has 2 N–H and O–H groups in total. The predicted octanol–water partition coefficient (Wildman–Crippen LogP) is 0.539. The lowest BCUT2D eigenvalue weighted by molar-refractivity contribution is -0.141. The van der Waals surface area contributed by atoms with Crippen LogP contribution < -0.4 is 10.6 Å². The molecular formula is C27H38N8O5. The monoisotopic (exact) mass is 554 g/mol. The summed E-state index contributed by atoms with van der Waals surface area (Å²) < 4.78 is 6.75. The third kappa shape index (κ3) is 7.40. The number of rotatable bonds is 10. The van der Waals surface area contributed by atoms with Crippen molar-refractivity contribution in [2.45, 2.75) is 70.6 Å². The summed E-state index contributed by atoms with van der Waals surface area (Å²) in [7, 11) is 0. The van der Waals surface area contributed by atoms with Crippen LogP contribution in [0.15, 0.2) is 30.3 Å². The molecule has 3 heterocycles. The number of amides is 4. The Hall–Kier alpha value is -3.87. The van der Waals surface area contributed by atoms with Crippen molar-refractivity contribution in [3.8, 4) is 0 Å². The van der Waals surface area contributed by atoms with E-state index in [9.17, 15) is 19.2 Å². The van der Waals surface area contributed by atoms with E-state index in [1.54, 1.807) is 11.8 Å². The molecule has 13 nitrogen and oxygen atoms in total. The van der Waals surface area contributed by atoms with Crippen molar-refractivity contribution < 1.29 is 23.9 Å². The number of aromatic nitrogens is 4. The van der Waals surface area contributed by atoms with Crippen LogP contribution in [0.4, 0.5) is 4.79 Å². The van der Waals surface area contributed by atoms with Crippen molar-refractivity contribution in [3.05, 3.63) is 41.7 Å². The normalized spacial score (nSPS) is 19.4. The highest BCUT2D eigenvalue weighted by atomic mass is 16.5. The van der Waals surface area contributed by atoms with Crippen molar-refractivity contribution in [1.29, 1.82) is 0 Å². The highest BCUT2D eigenvalue weighted by Gasteiger charge is 2.35. The SMILES string of the molecule is CCC(NC(=O)C(C)N1CCCCC(NC(=O)N2CCOCC2)C1=O)C(=O)Cn1nnnc1Cc1ccccc1. The zero-order chi connectivity index (χ0) is 28.5. The molecule has 1 aromatic heterocycles. The molecule has 3 atom stereocenters. The van der Waals surface area contributed by atoms with E-state index >= 15 is 0 Å². The molecule has 4 rings (SSSR count). The molecule has 0 saturated carbocycles. The second-order valence-corrected chi connectivity index (χ2v) is 10.2. The summed E-state index contributed by atoms with van der Waals surface area (Å²) in [5.74, 6) is -0.396. The van der Waals surface area contributed by atoms with Crippen LogP contribution in [0, 0.1) is 0 Å². The van der Waals surface area contributed by atoms with Crippen LogP contribution in [0.3, 0.4) is 0 Å². The predicted molar refractivity (Wildman–Crippen MR) is 144 cm³/mol. The number of ketones is 1. The van der Waals surface area contributed by atoms with E-state index < -0.39 is 24.0 Å². The number of benzene rings is 1. The van der Waals surface area contributed by atoms with Gasteiger partial charge in [-0.05, 0) is 48.6 Å². The van der Waals surface area contributed by atoms with Gasteiger partial charge in [-0.1, -0.05) is 37.3 Å². The van der Waals surface area contributed by atoms with Crippen LogP contribution >= 0.6 is 0 Å². The molecule has 40 heavy (non-hydrogen) atoms. The van der Waals surface area contributed by atoms with Gasteiger partial charge in [0.25, 0.3) is 0 Å². The minimum absolute atomic E-state index is 0.0827. The largest absolute Gasteiger partial charge is 0.378 e. The first-order valence-corrected chi connectivity index (χ1v) is 13.9. The van der Waals surface area contributed by atoms with Crippen LogP contribution in [-0.2, 0) is 32.1 Å². The zero-order valence-electron chi connectivity index (χ0n) is 23.1. The van der Waals surface area contributed by atoms with Gasteiger partial charge in [-0.3, -0.25) is 14.4 Å². The molecule has 216 valence electrons. The number of tetrazole rings is 1. The fourth-order valence-electron chi connectivity index (χ4n) is 4.94.